The Hall–Kier alpha value is -1.07. The Morgan fingerprint density at radius 3 is 2.89 bits per heavy atom. The maximum atomic E-state index is 12.0. The van der Waals surface area contributed by atoms with E-state index in [4.69, 9.17) is 4.74 Å². The third kappa shape index (κ3) is 3.70. The van der Waals surface area contributed by atoms with Crippen LogP contribution in [-0.2, 0) is 4.74 Å². The first-order valence-corrected chi connectivity index (χ1v) is 7.28. The second-order valence-corrected chi connectivity index (χ2v) is 5.79. The zero-order chi connectivity index (χ0) is 13.8. The van der Waals surface area contributed by atoms with Crippen LogP contribution < -0.4 is 5.32 Å². The van der Waals surface area contributed by atoms with Crippen molar-refractivity contribution in [3.63, 3.8) is 0 Å². The summed E-state index contributed by atoms with van der Waals surface area (Å²) >= 11 is 3.53. The van der Waals surface area contributed by atoms with E-state index in [0.717, 1.165) is 10.0 Å². The predicted octanol–water partition coefficient (Wildman–Crippen LogP) is 2.94. The van der Waals surface area contributed by atoms with Crippen molar-refractivity contribution in [2.75, 3.05) is 19.7 Å². The average molecular weight is 327 g/mol. The van der Waals surface area contributed by atoms with E-state index in [9.17, 15) is 4.79 Å². The number of nitrogens with zero attached hydrogens (tertiary/aromatic N) is 1. The molecule has 1 N–H and O–H groups in total. The molecule has 2 rings (SSSR count). The largest absolute Gasteiger partial charge is 0.370 e. The quantitative estimate of drug-likeness (QED) is 0.907. The number of amides is 2. The van der Waals surface area contributed by atoms with Gasteiger partial charge in [0.15, 0.2) is 0 Å². The second kappa shape index (κ2) is 6.39. The van der Waals surface area contributed by atoms with Gasteiger partial charge in [0.2, 0.25) is 0 Å². The Bertz CT molecular complexity index is 451. The van der Waals surface area contributed by atoms with Gasteiger partial charge in [-0.2, -0.15) is 0 Å². The molecule has 1 saturated heterocycles. The average Bonchev–Trinajstić information content (AvgIpc) is 2.38. The first kappa shape index (κ1) is 14.3. The lowest BCUT2D eigenvalue weighted by molar-refractivity contribution is -0.0160. The number of hydrogen-bond donors (Lipinski definition) is 1. The van der Waals surface area contributed by atoms with Gasteiger partial charge in [-0.3, -0.25) is 0 Å². The molecule has 104 valence electrons. The van der Waals surface area contributed by atoms with Crippen molar-refractivity contribution in [2.24, 2.45) is 0 Å². The minimum Gasteiger partial charge on any atom is -0.370 e. The smallest absolute Gasteiger partial charge is 0.317 e. The molecule has 1 aromatic rings. The van der Waals surface area contributed by atoms with Crippen molar-refractivity contribution in [3.05, 3.63) is 34.3 Å². The number of hydrogen-bond acceptors (Lipinski definition) is 2. The Morgan fingerprint density at radius 2 is 2.21 bits per heavy atom. The summed E-state index contributed by atoms with van der Waals surface area (Å²) in [7, 11) is 0. The van der Waals surface area contributed by atoms with Crippen molar-refractivity contribution in [2.45, 2.75) is 26.0 Å². The van der Waals surface area contributed by atoms with Crippen LogP contribution in [0.5, 0.6) is 0 Å². The minimum absolute atomic E-state index is 0.0182. The fourth-order valence-corrected chi connectivity index (χ4v) is 2.64. The van der Waals surface area contributed by atoms with Gasteiger partial charge in [-0.05, 0) is 25.5 Å². The van der Waals surface area contributed by atoms with Gasteiger partial charge in [-0.25, -0.2) is 4.79 Å². The monoisotopic (exact) mass is 326 g/mol. The number of urea groups is 1. The molecular weight excluding hydrogens is 308 g/mol. The molecule has 1 unspecified atom stereocenters. The summed E-state index contributed by atoms with van der Waals surface area (Å²) in [5.74, 6) is 0. The lowest BCUT2D eigenvalue weighted by Gasteiger charge is -2.34. The van der Waals surface area contributed by atoms with Crippen molar-refractivity contribution in [3.8, 4) is 0 Å². The van der Waals surface area contributed by atoms with E-state index in [2.05, 4.69) is 21.2 Å². The van der Waals surface area contributed by atoms with Crippen molar-refractivity contribution >= 4 is 22.0 Å². The van der Waals surface area contributed by atoms with Crippen LogP contribution in [0, 0.1) is 0 Å². The van der Waals surface area contributed by atoms with Gasteiger partial charge in [0, 0.05) is 17.1 Å². The molecule has 1 aromatic carbocycles. The summed E-state index contributed by atoms with van der Waals surface area (Å²) in [5, 5.41) is 2.92. The Kier molecular flexibility index (Phi) is 4.82. The lowest BCUT2D eigenvalue weighted by Crippen LogP contribution is -2.48. The maximum absolute atomic E-state index is 12.0. The van der Waals surface area contributed by atoms with Crippen LogP contribution in [0.25, 0.3) is 0 Å². The number of halogens is 1. The molecule has 0 radical (unpaired) electrons. The van der Waals surface area contributed by atoms with Crippen LogP contribution in [0.1, 0.15) is 25.5 Å². The van der Waals surface area contributed by atoms with E-state index < -0.39 is 0 Å². The van der Waals surface area contributed by atoms with E-state index in [-0.39, 0.29) is 18.2 Å². The van der Waals surface area contributed by atoms with E-state index in [0.29, 0.717) is 19.7 Å². The van der Waals surface area contributed by atoms with E-state index in [1.54, 1.807) is 0 Å². The van der Waals surface area contributed by atoms with E-state index >= 15 is 0 Å². The van der Waals surface area contributed by atoms with Crippen LogP contribution in [0.3, 0.4) is 0 Å². The first-order chi connectivity index (χ1) is 9.08. The summed E-state index contributed by atoms with van der Waals surface area (Å²) < 4.78 is 6.80. The molecule has 5 heteroatoms. The molecule has 1 heterocycles. The SMILES string of the molecule is CC(C)NC(=O)N1CCOC(c2ccccc2Br)C1. The zero-order valence-corrected chi connectivity index (χ0v) is 12.8. The summed E-state index contributed by atoms with van der Waals surface area (Å²) in [4.78, 5) is 13.8. The highest BCUT2D eigenvalue weighted by atomic mass is 79.9. The fraction of sp³-hybridized carbons (Fsp3) is 0.500. The van der Waals surface area contributed by atoms with Crippen LogP contribution in [-0.4, -0.2) is 36.7 Å². The number of rotatable bonds is 2. The normalized spacial score (nSPS) is 19.6. The highest BCUT2D eigenvalue weighted by Crippen LogP contribution is 2.28. The Morgan fingerprint density at radius 1 is 1.47 bits per heavy atom. The molecule has 0 spiro atoms. The number of carbonyl (C=O) groups is 1. The first-order valence-electron chi connectivity index (χ1n) is 6.49. The third-order valence-electron chi connectivity index (χ3n) is 3.02. The van der Waals surface area contributed by atoms with Crippen LogP contribution in [0.4, 0.5) is 4.79 Å². The van der Waals surface area contributed by atoms with Gasteiger partial charge in [0.25, 0.3) is 0 Å². The number of carbonyl (C=O) groups excluding carboxylic acids is 1. The number of morpholine rings is 1. The number of benzene rings is 1. The van der Waals surface area contributed by atoms with Gasteiger partial charge >= 0.3 is 6.03 Å². The molecule has 1 fully saturated rings. The zero-order valence-electron chi connectivity index (χ0n) is 11.2. The second-order valence-electron chi connectivity index (χ2n) is 4.93. The molecule has 4 nitrogen and oxygen atoms in total. The standard InChI is InChI=1S/C14H19BrN2O2/c1-10(2)16-14(18)17-7-8-19-13(9-17)11-5-3-4-6-12(11)15/h3-6,10,13H,7-9H2,1-2H3,(H,16,18). The molecule has 1 aliphatic heterocycles. The third-order valence-corrected chi connectivity index (χ3v) is 3.74. The predicted molar refractivity (Wildman–Crippen MR) is 78.1 cm³/mol. The topological polar surface area (TPSA) is 41.6 Å². The molecule has 0 bridgehead atoms. The van der Waals surface area contributed by atoms with Gasteiger partial charge in [-0.1, -0.05) is 34.1 Å². The summed E-state index contributed by atoms with van der Waals surface area (Å²) in [6, 6.07) is 8.10. The molecule has 0 saturated carbocycles. The van der Waals surface area contributed by atoms with Gasteiger partial charge in [-0.15, -0.1) is 0 Å². The summed E-state index contributed by atoms with van der Waals surface area (Å²) in [6.45, 7) is 5.71. The van der Waals surface area contributed by atoms with Crippen molar-refractivity contribution < 1.29 is 9.53 Å². The van der Waals surface area contributed by atoms with Gasteiger partial charge in [0.05, 0.1) is 13.2 Å². The van der Waals surface area contributed by atoms with Crippen molar-refractivity contribution in [1.29, 1.82) is 0 Å². The number of nitrogens with one attached hydrogen (secondary N) is 1. The molecule has 0 aliphatic carbocycles. The van der Waals surface area contributed by atoms with Crippen molar-refractivity contribution in [1.82, 2.24) is 10.2 Å². The van der Waals surface area contributed by atoms with Gasteiger partial charge in [0.1, 0.15) is 6.10 Å². The Labute approximate surface area is 122 Å². The summed E-state index contributed by atoms with van der Waals surface area (Å²) in [5.41, 5.74) is 1.09. The van der Waals surface area contributed by atoms with E-state index in [1.165, 1.54) is 0 Å². The fourth-order valence-electron chi connectivity index (χ4n) is 2.10. The molecule has 19 heavy (non-hydrogen) atoms. The lowest BCUT2D eigenvalue weighted by atomic mass is 10.1. The highest BCUT2D eigenvalue weighted by Gasteiger charge is 2.26. The molecule has 1 aliphatic rings. The highest BCUT2D eigenvalue weighted by molar-refractivity contribution is 9.10. The molecule has 1 atom stereocenters. The minimum atomic E-state index is -0.0674. The van der Waals surface area contributed by atoms with Crippen LogP contribution in [0.15, 0.2) is 28.7 Å². The van der Waals surface area contributed by atoms with E-state index in [1.807, 2.05) is 43.0 Å². The Balaban J connectivity index is 2.05. The maximum Gasteiger partial charge on any atom is 0.317 e. The molecule has 2 amide bonds. The van der Waals surface area contributed by atoms with Crippen LogP contribution in [0.2, 0.25) is 0 Å². The number of ether oxygens (including phenoxy) is 1. The van der Waals surface area contributed by atoms with Gasteiger partial charge < -0.3 is 15.0 Å². The molecule has 0 aromatic heterocycles. The molecular formula is C14H19BrN2O2. The van der Waals surface area contributed by atoms with Crippen LogP contribution >= 0.6 is 15.9 Å². The summed E-state index contributed by atoms with van der Waals surface area (Å²) in [6.07, 6.45) is -0.0674.